The minimum Gasteiger partial charge on any atom is -0.356 e. The first-order valence-electron chi connectivity index (χ1n) is 9.84. The summed E-state index contributed by atoms with van der Waals surface area (Å²) in [5, 5.41) is 2.85. The zero-order valence-corrected chi connectivity index (χ0v) is 18.3. The van der Waals surface area contributed by atoms with Crippen molar-refractivity contribution < 1.29 is 13.2 Å². The van der Waals surface area contributed by atoms with Crippen molar-refractivity contribution in [3.8, 4) is 0 Å². The largest absolute Gasteiger partial charge is 0.356 e. The molecule has 29 heavy (non-hydrogen) atoms. The molecule has 0 aliphatic carbocycles. The molecule has 158 valence electrons. The van der Waals surface area contributed by atoms with E-state index in [-0.39, 0.29) is 23.8 Å². The smallest absolute Gasteiger partial charge is 0.240 e. The van der Waals surface area contributed by atoms with Gasteiger partial charge in [0.2, 0.25) is 15.9 Å². The Hall–Kier alpha value is -2.22. The lowest BCUT2D eigenvalue weighted by Gasteiger charge is -2.16. The van der Waals surface area contributed by atoms with E-state index in [1.54, 1.807) is 19.1 Å². The van der Waals surface area contributed by atoms with Gasteiger partial charge in [0.25, 0.3) is 0 Å². The SMILES string of the molecule is Cc1ccc(S(=O)(=O)NCCC(=O)NCCCN(C)Cc2ccccc2)c(C)c1. The van der Waals surface area contributed by atoms with Crippen LogP contribution in [0.25, 0.3) is 0 Å². The minimum atomic E-state index is -3.61. The van der Waals surface area contributed by atoms with Crippen molar-refractivity contribution in [2.45, 2.75) is 38.1 Å². The number of aryl methyl sites for hydroxylation is 2. The summed E-state index contributed by atoms with van der Waals surface area (Å²) in [6.07, 6.45) is 0.952. The first-order chi connectivity index (χ1) is 13.8. The maximum atomic E-state index is 12.4. The number of sulfonamides is 1. The van der Waals surface area contributed by atoms with Gasteiger partial charge in [0.05, 0.1) is 4.90 Å². The van der Waals surface area contributed by atoms with Crippen molar-refractivity contribution in [2.75, 3.05) is 26.7 Å². The third-order valence-corrected chi connectivity index (χ3v) is 6.22. The quantitative estimate of drug-likeness (QED) is 0.551. The van der Waals surface area contributed by atoms with Crippen LogP contribution in [0.1, 0.15) is 29.5 Å². The zero-order valence-electron chi connectivity index (χ0n) is 17.4. The molecule has 0 aromatic heterocycles. The van der Waals surface area contributed by atoms with Crippen LogP contribution in [0.15, 0.2) is 53.4 Å². The number of nitrogens with zero attached hydrogens (tertiary/aromatic N) is 1. The predicted octanol–water partition coefficient (Wildman–Crippen LogP) is 2.61. The molecule has 0 spiro atoms. The maximum Gasteiger partial charge on any atom is 0.240 e. The lowest BCUT2D eigenvalue weighted by molar-refractivity contribution is -0.120. The molecule has 0 bridgehead atoms. The summed E-state index contributed by atoms with van der Waals surface area (Å²) < 4.78 is 27.3. The fourth-order valence-electron chi connectivity index (χ4n) is 3.12. The Bertz CT molecular complexity index is 899. The van der Waals surface area contributed by atoms with Crippen LogP contribution >= 0.6 is 0 Å². The number of hydrogen-bond donors (Lipinski definition) is 2. The number of carbonyl (C=O) groups excluding carboxylic acids is 1. The van der Waals surface area contributed by atoms with E-state index in [4.69, 9.17) is 0 Å². The highest BCUT2D eigenvalue weighted by molar-refractivity contribution is 7.89. The highest BCUT2D eigenvalue weighted by atomic mass is 32.2. The Kier molecular flexibility index (Phi) is 8.82. The molecule has 0 aliphatic heterocycles. The first kappa shape index (κ1) is 23.1. The van der Waals surface area contributed by atoms with E-state index in [9.17, 15) is 13.2 Å². The summed E-state index contributed by atoms with van der Waals surface area (Å²) >= 11 is 0. The fraction of sp³-hybridized carbons (Fsp3) is 0.409. The number of benzene rings is 2. The number of nitrogens with one attached hydrogen (secondary N) is 2. The molecule has 1 amide bonds. The zero-order chi connectivity index (χ0) is 21.3. The molecule has 0 atom stereocenters. The molecule has 2 N–H and O–H groups in total. The second-order valence-electron chi connectivity index (χ2n) is 7.34. The van der Waals surface area contributed by atoms with Gasteiger partial charge >= 0.3 is 0 Å². The summed E-state index contributed by atoms with van der Waals surface area (Å²) in [4.78, 5) is 14.4. The predicted molar refractivity (Wildman–Crippen MR) is 116 cm³/mol. The van der Waals surface area contributed by atoms with E-state index < -0.39 is 10.0 Å². The van der Waals surface area contributed by atoms with Crippen LogP contribution in [-0.2, 0) is 21.4 Å². The molecule has 2 rings (SSSR count). The molecule has 0 fully saturated rings. The van der Waals surface area contributed by atoms with Crippen LogP contribution in [-0.4, -0.2) is 45.9 Å². The van der Waals surface area contributed by atoms with Crippen LogP contribution in [0.4, 0.5) is 0 Å². The molecular weight excluding hydrogens is 386 g/mol. The Labute approximate surface area is 174 Å². The van der Waals surface area contributed by atoms with Crippen molar-refractivity contribution >= 4 is 15.9 Å². The Morgan fingerprint density at radius 2 is 1.76 bits per heavy atom. The molecule has 0 aliphatic rings. The summed E-state index contributed by atoms with van der Waals surface area (Å²) in [6.45, 7) is 6.07. The van der Waals surface area contributed by atoms with Gasteiger partial charge < -0.3 is 10.2 Å². The molecule has 0 unspecified atom stereocenters. The van der Waals surface area contributed by atoms with Crippen LogP contribution < -0.4 is 10.0 Å². The molecule has 7 heteroatoms. The van der Waals surface area contributed by atoms with E-state index in [0.717, 1.165) is 25.1 Å². The van der Waals surface area contributed by atoms with Crippen LogP contribution in [0.2, 0.25) is 0 Å². The summed E-state index contributed by atoms with van der Waals surface area (Å²) in [7, 11) is -1.55. The Morgan fingerprint density at radius 3 is 2.45 bits per heavy atom. The minimum absolute atomic E-state index is 0.0788. The van der Waals surface area contributed by atoms with E-state index in [1.165, 1.54) is 5.56 Å². The van der Waals surface area contributed by atoms with E-state index in [2.05, 4.69) is 34.1 Å². The van der Waals surface area contributed by atoms with Crippen molar-refractivity contribution in [3.63, 3.8) is 0 Å². The van der Waals surface area contributed by atoms with Gasteiger partial charge in [-0.1, -0.05) is 48.0 Å². The Morgan fingerprint density at radius 1 is 1.03 bits per heavy atom. The van der Waals surface area contributed by atoms with Crippen LogP contribution in [0.5, 0.6) is 0 Å². The standard InChI is InChI=1S/C22H31N3O3S/c1-18-10-11-21(19(2)16-18)29(27,28)24-14-12-22(26)23-13-7-15-25(3)17-20-8-5-4-6-9-20/h4-6,8-11,16,24H,7,12-15,17H2,1-3H3,(H,23,26). The summed E-state index contributed by atoms with van der Waals surface area (Å²) in [5.74, 6) is -0.154. The van der Waals surface area contributed by atoms with Gasteiger partial charge in [-0.25, -0.2) is 13.1 Å². The highest BCUT2D eigenvalue weighted by Crippen LogP contribution is 2.16. The second-order valence-corrected chi connectivity index (χ2v) is 9.08. The average molecular weight is 418 g/mol. The molecule has 0 saturated heterocycles. The van der Waals surface area contributed by atoms with Gasteiger partial charge in [-0.05, 0) is 51.1 Å². The third kappa shape index (κ3) is 7.97. The average Bonchev–Trinajstić information content (AvgIpc) is 2.65. The molecule has 2 aromatic rings. The van der Waals surface area contributed by atoms with Gasteiger partial charge in [-0.2, -0.15) is 0 Å². The van der Waals surface area contributed by atoms with Crippen molar-refractivity contribution in [3.05, 3.63) is 65.2 Å². The summed E-state index contributed by atoms with van der Waals surface area (Å²) in [5.41, 5.74) is 2.96. The van der Waals surface area contributed by atoms with E-state index in [0.29, 0.717) is 12.1 Å². The number of hydrogen-bond acceptors (Lipinski definition) is 4. The molecule has 2 aromatic carbocycles. The lowest BCUT2D eigenvalue weighted by Crippen LogP contribution is -2.32. The number of amides is 1. The first-order valence-corrected chi connectivity index (χ1v) is 11.3. The number of rotatable bonds is 11. The van der Waals surface area contributed by atoms with Gasteiger partial charge in [0, 0.05) is 26.1 Å². The van der Waals surface area contributed by atoms with Gasteiger partial charge in [-0.15, -0.1) is 0 Å². The van der Waals surface area contributed by atoms with E-state index >= 15 is 0 Å². The van der Waals surface area contributed by atoms with Crippen LogP contribution in [0.3, 0.4) is 0 Å². The molecule has 6 nitrogen and oxygen atoms in total. The van der Waals surface area contributed by atoms with Gasteiger partial charge in [0.15, 0.2) is 0 Å². The number of carbonyl (C=O) groups is 1. The maximum absolute atomic E-state index is 12.4. The molecule has 0 heterocycles. The van der Waals surface area contributed by atoms with Gasteiger partial charge in [0.1, 0.15) is 0 Å². The Balaban J connectivity index is 1.64. The van der Waals surface area contributed by atoms with Crippen molar-refractivity contribution in [1.82, 2.24) is 14.9 Å². The highest BCUT2D eigenvalue weighted by Gasteiger charge is 2.16. The van der Waals surface area contributed by atoms with Crippen molar-refractivity contribution in [1.29, 1.82) is 0 Å². The normalized spacial score (nSPS) is 11.6. The molecule has 0 radical (unpaired) electrons. The second kappa shape index (κ2) is 11.1. The topological polar surface area (TPSA) is 78.5 Å². The lowest BCUT2D eigenvalue weighted by atomic mass is 10.2. The van der Waals surface area contributed by atoms with Crippen molar-refractivity contribution in [2.24, 2.45) is 0 Å². The van der Waals surface area contributed by atoms with E-state index in [1.807, 2.05) is 31.2 Å². The fourth-order valence-corrected chi connectivity index (χ4v) is 4.37. The van der Waals surface area contributed by atoms with Crippen LogP contribution in [0, 0.1) is 13.8 Å². The third-order valence-electron chi connectivity index (χ3n) is 4.60. The van der Waals surface area contributed by atoms with Gasteiger partial charge in [-0.3, -0.25) is 4.79 Å². The molecule has 0 saturated carbocycles. The summed E-state index contributed by atoms with van der Waals surface area (Å²) in [6, 6.07) is 15.4. The monoisotopic (exact) mass is 417 g/mol. The molecular formula is C22H31N3O3S.